The van der Waals surface area contributed by atoms with Crippen LogP contribution in [-0.4, -0.2) is 27.9 Å². The summed E-state index contributed by atoms with van der Waals surface area (Å²) in [6.45, 7) is 5.55. The van der Waals surface area contributed by atoms with Gasteiger partial charge in [0, 0.05) is 11.7 Å². The van der Waals surface area contributed by atoms with Crippen molar-refractivity contribution in [1.29, 1.82) is 0 Å². The van der Waals surface area contributed by atoms with Gasteiger partial charge in [0.05, 0.1) is 5.41 Å². The Morgan fingerprint density at radius 1 is 1.12 bits per heavy atom. The van der Waals surface area contributed by atoms with Crippen LogP contribution < -0.4 is 10.2 Å². The van der Waals surface area contributed by atoms with Crippen LogP contribution in [0.4, 0.5) is 4.79 Å². The van der Waals surface area contributed by atoms with Crippen molar-refractivity contribution in [2.75, 3.05) is 0 Å². The van der Waals surface area contributed by atoms with Crippen molar-refractivity contribution in [2.24, 2.45) is 5.41 Å². The van der Waals surface area contributed by atoms with Gasteiger partial charge in [-0.3, -0.25) is 0 Å². The molecule has 0 saturated heterocycles. The van der Waals surface area contributed by atoms with Crippen LogP contribution in [0.5, 0.6) is 0 Å². The molecule has 142 valence electrons. The van der Waals surface area contributed by atoms with Gasteiger partial charge in [-0.25, -0.2) is 9.59 Å². The van der Waals surface area contributed by atoms with Gasteiger partial charge in [0.25, 0.3) is 0 Å². The Morgan fingerprint density at radius 2 is 1.73 bits per heavy atom. The van der Waals surface area contributed by atoms with E-state index in [1.165, 1.54) is 4.73 Å². The molecule has 0 radical (unpaired) electrons. The lowest BCUT2D eigenvalue weighted by atomic mass is 9.57. The largest absolute Gasteiger partial charge is 0.444 e. The van der Waals surface area contributed by atoms with E-state index >= 15 is 0 Å². The maximum absolute atomic E-state index is 12.8. The number of alkyl carbamates (subject to hydrolysis) is 1. The second-order valence-corrected chi connectivity index (χ2v) is 8.85. The first-order valence-corrected chi connectivity index (χ1v) is 9.46. The molecule has 0 aromatic carbocycles. The Bertz CT molecular complexity index is 741. The van der Waals surface area contributed by atoms with Crippen molar-refractivity contribution in [2.45, 2.75) is 70.4 Å². The molecule has 0 atom stereocenters. The molecule has 7 heteroatoms. The standard InChI is InChI=1S/C19H26N2O4S/c1-17(2,3)24-16(23)20-19-10-7-18(8-11-19,9-12-19)15(22)25-21-13-5-4-6-14(21)26/h4-6,13H,7-12H2,1-3H3,(H,20,23). The molecule has 0 aliphatic heterocycles. The highest BCUT2D eigenvalue weighted by Gasteiger charge is 2.54. The maximum Gasteiger partial charge on any atom is 0.408 e. The van der Waals surface area contributed by atoms with E-state index in [2.05, 4.69) is 5.32 Å². The molecule has 3 aliphatic rings. The zero-order valence-corrected chi connectivity index (χ0v) is 16.4. The van der Waals surface area contributed by atoms with Gasteiger partial charge < -0.3 is 14.9 Å². The Kier molecular flexibility index (Phi) is 4.86. The molecule has 26 heavy (non-hydrogen) atoms. The molecule has 4 rings (SSSR count). The number of fused-ring (bicyclic) bond motifs is 3. The number of aromatic nitrogens is 1. The molecule has 1 amide bonds. The second-order valence-electron chi connectivity index (χ2n) is 8.43. The third kappa shape index (κ3) is 3.92. The predicted molar refractivity (Wildman–Crippen MR) is 99.1 cm³/mol. The van der Waals surface area contributed by atoms with E-state index in [1.54, 1.807) is 18.3 Å². The SMILES string of the molecule is CC(C)(C)OC(=O)NC12CCC(C(=O)On3ccccc3=S)(CC1)CC2. The molecule has 1 aromatic heterocycles. The summed E-state index contributed by atoms with van der Waals surface area (Å²) in [5, 5.41) is 3.06. The van der Waals surface area contributed by atoms with Crippen LogP contribution in [0.3, 0.4) is 0 Å². The van der Waals surface area contributed by atoms with Crippen molar-refractivity contribution >= 4 is 24.3 Å². The fraction of sp³-hybridized carbons (Fsp3) is 0.632. The number of carbonyl (C=O) groups excluding carboxylic acids is 2. The minimum absolute atomic E-state index is 0.231. The number of amides is 1. The summed E-state index contributed by atoms with van der Waals surface area (Å²) in [4.78, 5) is 30.5. The topological polar surface area (TPSA) is 69.6 Å². The molecule has 3 saturated carbocycles. The average Bonchev–Trinajstić information content (AvgIpc) is 2.56. The summed E-state index contributed by atoms with van der Waals surface area (Å²) < 4.78 is 7.20. The second kappa shape index (κ2) is 6.68. The number of pyridine rings is 1. The molecule has 1 N–H and O–H groups in total. The highest BCUT2D eigenvalue weighted by Crippen LogP contribution is 2.52. The number of nitrogens with one attached hydrogen (secondary N) is 1. The molecule has 1 heterocycles. The van der Waals surface area contributed by atoms with E-state index in [0.717, 1.165) is 19.3 Å². The first-order chi connectivity index (χ1) is 12.1. The highest BCUT2D eigenvalue weighted by atomic mass is 32.1. The van der Waals surface area contributed by atoms with Gasteiger partial charge in [-0.1, -0.05) is 18.3 Å². The predicted octanol–water partition coefficient (Wildman–Crippen LogP) is 3.79. The zero-order valence-electron chi connectivity index (χ0n) is 15.5. The number of nitrogens with zero attached hydrogens (tertiary/aromatic N) is 1. The van der Waals surface area contributed by atoms with Crippen molar-refractivity contribution in [3.05, 3.63) is 29.0 Å². The quantitative estimate of drug-likeness (QED) is 0.811. The maximum atomic E-state index is 12.8. The third-order valence-electron chi connectivity index (χ3n) is 5.42. The van der Waals surface area contributed by atoms with Gasteiger partial charge in [0.2, 0.25) is 0 Å². The van der Waals surface area contributed by atoms with Gasteiger partial charge >= 0.3 is 12.1 Å². The van der Waals surface area contributed by atoms with E-state index in [-0.39, 0.29) is 17.6 Å². The number of hydrogen-bond acceptors (Lipinski definition) is 5. The van der Waals surface area contributed by atoms with E-state index in [9.17, 15) is 9.59 Å². The van der Waals surface area contributed by atoms with Gasteiger partial charge in [-0.05, 0) is 71.4 Å². The van der Waals surface area contributed by atoms with Crippen LogP contribution >= 0.6 is 12.2 Å². The van der Waals surface area contributed by atoms with Crippen molar-refractivity contribution in [3.8, 4) is 0 Å². The number of carbonyl (C=O) groups is 2. The summed E-state index contributed by atoms with van der Waals surface area (Å²) in [7, 11) is 0. The fourth-order valence-electron chi connectivity index (χ4n) is 3.87. The third-order valence-corrected chi connectivity index (χ3v) is 5.73. The van der Waals surface area contributed by atoms with Crippen LogP contribution in [0.15, 0.2) is 24.4 Å². The minimum Gasteiger partial charge on any atom is -0.444 e. The first kappa shape index (κ1) is 18.9. The Morgan fingerprint density at radius 3 is 2.27 bits per heavy atom. The van der Waals surface area contributed by atoms with Crippen LogP contribution in [0.25, 0.3) is 0 Å². The molecule has 6 nitrogen and oxygen atoms in total. The molecule has 1 aromatic rings. The Hall–Kier alpha value is -1.89. The Labute approximate surface area is 158 Å². The molecule has 3 fully saturated rings. The summed E-state index contributed by atoms with van der Waals surface area (Å²) in [6.07, 6.45) is 5.61. The number of hydrogen-bond donors (Lipinski definition) is 1. The van der Waals surface area contributed by atoms with E-state index in [0.29, 0.717) is 23.9 Å². The Balaban J connectivity index is 1.63. The molecular formula is C19H26N2O4S. The molecular weight excluding hydrogens is 352 g/mol. The van der Waals surface area contributed by atoms with Crippen molar-refractivity contribution in [3.63, 3.8) is 0 Å². The summed E-state index contributed by atoms with van der Waals surface area (Å²) >= 11 is 5.19. The van der Waals surface area contributed by atoms with Gasteiger partial charge in [0.15, 0.2) is 0 Å². The summed E-state index contributed by atoms with van der Waals surface area (Å²) in [5.41, 5.74) is -1.28. The van der Waals surface area contributed by atoms with E-state index in [1.807, 2.05) is 26.8 Å². The molecule has 0 unspecified atom stereocenters. The van der Waals surface area contributed by atoms with Crippen LogP contribution in [0.2, 0.25) is 0 Å². The van der Waals surface area contributed by atoms with Gasteiger partial charge in [-0.2, -0.15) is 4.73 Å². The van der Waals surface area contributed by atoms with Crippen molar-refractivity contribution in [1.82, 2.24) is 10.0 Å². The van der Waals surface area contributed by atoms with Crippen LogP contribution in [0, 0.1) is 10.1 Å². The lowest BCUT2D eigenvalue weighted by Gasteiger charge is -2.51. The highest BCUT2D eigenvalue weighted by molar-refractivity contribution is 7.71. The van der Waals surface area contributed by atoms with Gasteiger partial charge in [-0.15, -0.1) is 0 Å². The van der Waals surface area contributed by atoms with Crippen molar-refractivity contribution < 1.29 is 19.2 Å². The van der Waals surface area contributed by atoms with Gasteiger partial charge in [0.1, 0.15) is 10.2 Å². The summed E-state index contributed by atoms with van der Waals surface area (Å²) in [6, 6.07) is 5.30. The molecule has 0 spiro atoms. The summed E-state index contributed by atoms with van der Waals surface area (Å²) in [5.74, 6) is -0.231. The first-order valence-electron chi connectivity index (χ1n) is 9.05. The smallest absolute Gasteiger partial charge is 0.408 e. The average molecular weight is 378 g/mol. The van der Waals surface area contributed by atoms with Crippen LogP contribution in [0.1, 0.15) is 59.3 Å². The zero-order chi connectivity index (χ0) is 19.0. The van der Waals surface area contributed by atoms with E-state index in [4.69, 9.17) is 21.8 Å². The molecule has 3 aliphatic carbocycles. The fourth-order valence-corrected chi connectivity index (χ4v) is 4.05. The monoisotopic (exact) mass is 378 g/mol. The minimum atomic E-state index is -0.521. The lowest BCUT2D eigenvalue weighted by molar-refractivity contribution is -0.164. The molecule has 2 bridgehead atoms. The van der Waals surface area contributed by atoms with Crippen LogP contribution in [-0.2, 0) is 9.53 Å². The number of ether oxygens (including phenoxy) is 1. The number of rotatable bonds is 3. The lowest BCUT2D eigenvalue weighted by Crippen LogP contribution is -2.59. The normalized spacial score (nSPS) is 27.7. The van der Waals surface area contributed by atoms with E-state index < -0.39 is 11.0 Å².